The number of carboxylic acid groups (broad SMARTS) is 1. The Morgan fingerprint density at radius 1 is 0.633 bits per heavy atom. The average Bonchev–Trinajstić information content (AvgIpc) is 3.76. The van der Waals surface area contributed by atoms with Crippen LogP contribution in [-0.4, -0.2) is 52.1 Å². The fourth-order valence-corrected chi connectivity index (χ4v) is 7.14. The lowest BCUT2D eigenvalue weighted by Crippen LogP contribution is -2.06. The Kier molecular flexibility index (Phi) is 14.0. The van der Waals surface area contributed by atoms with Crippen molar-refractivity contribution in [3.05, 3.63) is 172 Å². The minimum atomic E-state index is -4.43. The zero-order valence-corrected chi connectivity index (χ0v) is 32.8. The lowest BCUT2D eigenvalue weighted by atomic mass is 10.1. The Morgan fingerprint density at radius 3 is 1.62 bits per heavy atom. The summed E-state index contributed by atoms with van der Waals surface area (Å²) < 4.78 is 81.1. The first-order chi connectivity index (χ1) is 28.7. The van der Waals surface area contributed by atoms with Crippen LogP contribution in [-0.2, 0) is 39.9 Å². The number of aromatic nitrogens is 5. The summed E-state index contributed by atoms with van der Waals surface area (Å²) in [5.41, 5.74) is 3.58. The number of pyridine rings is 3. The number of carboxylic acids is 1. The van der Waals surface area contributed by atoms with Gasteiger partial charge in [0.05, 0.1) is 34.0 Å². The number of carbonyl (C=O) groups is 2. The van der Waals surface area contributed by atoms with Gasteiger partial charge < -0.3 is 5.11 Å². The molecule has 8 nitrogen and oxygen atoms in total. The Hall–Kier alpha value is -6.49. The highest BCUT2D eigenvalue weighted by molar-refractivity contribution is 7.99. The van der Waals surface area contributed by atoms with Crippen LogP contribution in [0.4, 0.5) is 26.3 Å². The van der Waals surface area contributed by atoms with Crippen LogP contribution in [0.5, 0.6) is 0 Å². The molecule has 7 aromatic rings. The fraction of sp³-hybridized carbons (Fsp3) is 0.159. The van der Waals surface area contributed by atoms with Gasteiger partial charge in [-0.15, -0.1) is 23.5 Å². The summed E-state index contributed by atoms with van der Waals surface area (Å²) in [6, 6.07) is 24.3. The first-order valence-corrected chi connectivity index (χ1v) is 20.1. The van der Waals surface area contributed by atoms with E-state index in [0.717, 1.165) is 29.8 Å². The van der Waals surface area contributed by atoms with Gasteiger partial charge in [-0.05, 0) is 84.1 Å². The van der Waals surface area contributed by atoms with E-state index in [4.69, 9.17) is 5.11 Å². The second kappa shape index (κ2) is 19.5. The smallest absolute Gasteiger partial charge is 0.416 e. The molecule has 5 aromatic heterocycles. The summed E-state index contributed by atoms with van der Waals surface area (Å²) in [5, 5.41) is 8.78. The van der Waals surface area contributed by atoms with E-state index < -0.39 is 29.4 Å². The van der Waals surface area contributed by atoms with Gasteiger partial charge in [0.1, 0.15) is 28.5 Å². The number of hydrogen-bond donors (Lipinski definition) is 1. The maximum absolute atomic E-state index is 13.0. The van der Waals surface area contributed by atoms with Crippen LogP contribution in [0.2, 0.25) is 0 Å². The first kappa shape index (κ1) is 43.1. The molecule has 2 aromatic carbocycles. The number of alkyl halides is 6. The molecule has 16 heteroatoms. The lowest BCUT2D eigenvalue weighted by Gasteiger charge is -2.05. The molecule has 0 fully saturated rings. The molecule has 0 aliphatic rings. The van der Waals surface area contributed by atoms with Crippen molar-refractivity contribution in [3.63, 3.8) is 0 Å². The Morgan fingerprint density at radius 2 is 1.15 bits per heavy atom. The SMILES string of the molecule is O=C(CSCc1nc2ccccn2c1C#Cc1cccc(C(F)(F)F)c1)Cc1cccnc1.O=C(O)CSCc1nc2ccccn2c1C#Cc1cccc(C(F)(F)F)c1. The summed E-state index contributed by atoms with van der Waals surface area (Å²) >= 11 is 2.61. The van der Waals surface area contributed by atoms with Gasteiger partial charge in [-0.3, -0.25) is 23.4 Å². The summed E-state index contributed by atoms with van der Waals surface area (Å²) in [6.07, 6.45) is -1.65. The molecule has 1 N–H and O–H groups in total. The van der Waals surface area contributed by atoms with E-state index >= 15 is 0 Å². The van der Waals surface area contributed by atoms with E-state index in [1.165, 1.54) is 47.8 Å². The number of benzene rings is 2. The summed E-state index contributed by atoms with van der Waals surface area (Å²) in [4.78, 5) is 36.1. The van der Waals surface area contributed by atoms with Crippen molar-refractivity contribution in [1.29, 1.82) is 0 Å². The highest BCUT2D eigenvalue weighted by Crippen LogP contribution is 2.30. The Labute approximate surface area is 348 Å². The fourth-order valence-electron chi connectivity index (χ4n) is 5.64. The van der Waals surface area contributed by atoms with E-state index in [0.29, 0.717) is 57.7 Å². The third-order valence-corrected chi connectivity index (χ3v) is 10.3. The van der Waals surface area contributed by atoms with Crippen molar-refractivity contribution in [1.82, 2.24) is 23.8 Å². The van der Waals surface area contributed by atoms with Crippen molar-refractivity contribution in [2.24, 2.45) is 0 Å². The van der Waals surface area contributed by atoms with Crippen LogP contribution in [0.1, 0.15) is 50.6 Å². The van der Waals surface area contributed by atoms with Crippen molar-refractivity contribution in [3.8, 4) is 23.7 Å². The molecule has 7 rings (SSSR count). The number of hydrogen-bond acceptors (Lipinski definition) is 7. The van der Waals surface area contributed by atoms with E-state index in [1.807, 2.05) is 24.3 Å². The van der Waals surface area contributed by atoms with E-state index in [1.54, 1.807) is 57.9 Å². The number of fused-ring (bicyclic) bond motifs is 2. The minimum absolute atomic E-state index is 0.0750. The maximum Gasteiger partial charge on any atom is 0.416 e. The van der Waals surface area contributed by atoms with Crippen LogP contribution in [0.3, 0.4) is 0 Å². The number of thioether (sulfide) groups is 2. The van der Waals surface area contributed by atoms with E-state index in [2.05, 4.69) is 38.6 Å². The second-order valence-corrected chi connectivity index (χ2v) is 14.8. The molecule has 0 aliphatic carbocycles. The van der Waals surface area contributed by atoms with Gasteiger partial charge in [-0.25, -0.2) is 9.97 Å². The second-order valence-electron chi connectivity index (χ2n) is 12.8. The number of imidazole rings is 2. The minimum Gasteiger partial charge on any atom is -0.481 e. The zero-order valence-electron chi connectivity index (χ0n) is 31.2. The molecular formula is C44H31F6N5O3S2. The predicted molar refractivity (Wildman–Crippen MR) is 218 cm³/mol. The number of aliphatic carboxylic acids is 1. The predicted octanol–water partition coefficient (Wildman–Crippen LogP) is 9.26. The molecule has 0 bridgehead atoms. The van der Waals surface area contributed by atoms with Crippen molar-refractivity contribution in [2.75, 3.05) is 11.5 Å². The van der Waals surface area contributed by atoms with Gasteiger partial charge in [0.15, 0.2) is 0 Å². The topological polar surface area (TPSA) is 102 Å². The molecule has 5 heterocycles. The molecule has 0 spiro atoms. The molecule has 0 aliphatic heterocycles. The van der Waals surface area contributed by atoms with Gasteiger partial charge >= 0.3 is 18.3 Å². The molecule has 304 valence electrons. The molecule has 0 unspecified atom stereocenters. The van der Waals surface area contributed by atoms with Gasteiger partial charge in [-0.1, -0.05) is 42.2 Å². The van der Waals surface area contributed by atoms with Crippen LogP contribution in [0.15, 0.2) is 122 Å². The largest absolute Gasteiger partial charge is 0.481 e. The number of carbonyl (C=O) groups excluding carboxylic acids is 1. The summed E-state index contributed by atoms with van der Waals surface area (Å²) in [5.74, 6) is 11.6. The lowest BCUT2D eigenvalue weighted by molar-refractivity contribution is -0.138. The summed E-state index contributed by atoms with van der Waals surface area (Å²) in [6.45, 7) is 0. The van der Waals surface area contributed by atoms with Gasteiger partial charge in [0.25, 0.3) is 0 Å². The quantitative estimate of drug-likeness (QED) is 0.107. The number of nitrogens with zero attached hydrogens (tertiary/aromatic N) is 5. The Balaban J connectivity index is 0.000000205. The third kappa shape index (κ3) is 11.8. The number of rotatable bonds is 10. The standard InChI is InChI=1S/C25H18F3N3OS.C19H13F3N2O2S/c26-25(27,28)20-7-3-5-18(13-20)9-10-23-22(30-24-8-1-2-12-31(23)24)17-33-16-21(32)14-19-6-4-11-29-15-19;20-19(21,22)14-5-3-4-13(10-14)7-8-16-15(11-27-12-18(25)26)23-17-6-1-2-9-24(16)17/h1-8,11-13,15H,14,16-17H2;1-6,9-10H,11-12H2,(H,25,26). The van der Waals surface area contributed by atoms with Gasteiger partial charge in [-0.2, -0.15) is 26.3 Å². The monoisotopic (exact) mass is 855 g/mol. The van der Waals surface area contributed by atoms with Crippen molar-refractivity contribution >= 4 is 46.6 Å². The molecule has 0 saturated carbocycles. The molecule has 0 atom stereocenters. The van der Waals surface area contributed by atoms with Crippen LogP contribution in [0, 0.1) is 23.7 Å². The van der Waals surface area contributed by atoms with Crippen LogP contribution < -0.4 is 0 Å². The number of Topliss-reactive ketones (excluding diaryl/α,β-unsaturated/α-hetero) is 1. The molecule has 60 heavy (non-hydrogen) atoms. The average molecular weight is 856 g/mol. The summed E-state index contributed by atoms with van der Waals surface area (Å²) in [7, 11) is 0. The third-order valence-electron chi connectivity index (χ3n) is 8.32. The van der Waals surface area contributed by atoms with Crippen LogP contribution >= 0.6 is 23.5 Å². The number of halogens is 6. The van der Waals surface area contributed by atoms with Crippen LogP contribution in [0.25, 0.3) is 11.3 Å². The van der Waals surface area contributed by atoms with E-state index in [9.17, 15) is 35.9 Å². The highest BCUT2D eigenvalue weighted by Gasteiger charge is 2.31. The van der Waals surface area contributed by atoms with Crippen molar-refractivity contribution < 1.29 is 41.0 Å². The first-order valence-electron chi connectivity index (χ1n) is 17.8. The maximum atomic E-state index is 13.0. The Bertz CT molecular complexity index is 2760. The molecule has 0 saturated heterocycles. The van der Waals surface area contributed by atoms with E-state index in [-0.39, 0.29) is 22.7 Å². The molecular weight excluding hydrogens is 825 g/mol. The van der Waals surface area contributed by atoms with Gasteiger partial charge in [0, 0.05) is 53.8 Å². The van der Waals surface area contributed by atoms with Gasteiger partial charge in [0.2, 0.25) is 0 Å². The van der Waals surface area contributed by atoms with Crippen molar-refractivity contribution in [2.45, 2.75) is 30.3 Å². The molecule has 0 amide bonds. The normalized spacial score (nSPS) is 11.2. The molecule has 0 radical (unpaired) electrons. The zero-order chi connectivity index (χ0) is 42.7. The number of ketones is 1. The highest BCUT2D eigenvalue weighted by atomic mass is 32.2.